The standard InChI is InChI=1S/C13H23N3/c1-4-5-6-10-16(3)13-9-7-8-12(15-13)11-14-2/h7-9,14H,4-6,10-11H2,1-3H3. The first kappa shape index (κ1) is 13.0. The lowest BCUT2D eigenvalue weighted by molar-refractivity contribution is 0.698. The molecule has 1 aromatic rings. The van der Waals surface area contributed by atoms with Crippen molar-refractivity contribution in [3.05, 3.63) is 23.9 Å². The van der Waals surface area contributed by atoms with Crippen LogP contribution in [0.2, 0.25) is 0 Å². The zero-order valence-electron chi connectivity index (χ0n) is 10.7. The minimum Gasteiger partial charge on any atom is -0.360 e. The second kappa shape index (κ2) is 7.23. The molecule has 3 heteroatoms. The predicted octanol–water partition coefficient (Wildman–Crippen LogP) is 2.43. The summed E-state index contributed by atoms with van der Waals surface area (Å²) in [5.74, 6) is 1.07. The van der Waals surface area contributed by atoms with Crippen LogP contribution in [-0.4, -0.2) is 25.6 Å². The molecule has 0 atom stereocenters. The fourth-order valence-corrected chi connectivity index (χ4v) is 1.67. The first-order valence-electron chi connectivity index (χ1n) is 6.09. The topological polar surface area (TPSA) is 28.2 Å². The second-order valence-electron chi connectivity index (χ2n) is 4.15. The molecular formula is C13H23N3. The van der Waals surface area contributed by atoms with Crippen LogP contribution >= 0.6 is 0 Å². The van der Waals surface area contributed by atoms with Gasteiger partial charge in [0.1, 0.15) is 5.82 Å². The molecule has 16 heavy (non-hydrogen) atoms. The van der Waals surface area contributed by atoms with E-state index < -0.39 is 0 Å². The van der Waals surface area contributed by atoms with E-state index in [0.717, 1.165) is 24.6 Å². The number of pyridine rings is 1. The van der Waals surface area contributed by atoms with E-state index in [1.54, 1.807) is 0 Å². The maximum atomic E-state index is 4.60. The van der Waals surface area contributed by atoms with Crippen molar-refractivity contribution in [1.29, 1.82) is 0 Å². The normalized spacial score (nSPS) is 10.4. The van der Waals surface area contributed by atoms with Gasteiger partial charge in [0.15, 0.2) is 0 Å². The van der Waals surface area contributed by atoms with E-state index in [2.05, 4.69) is 47.4 Å². The Hall–Kier alpha value is -1.09. The largest absolute Gasteiger partial charge is 0.360 e. The Kier molecular flexibility index (Phi) is 5.86. The number of nitrogens with zero attached hydrogens (tertiary/aromatic N) is 2. The highest BCUT2D eigenvalue weighted by Gasteiger charge is 2.02. The van der Waals surface area contributed by atoms with Crippen molar-refractivity contribution in [3.8, 4) is 0 Å². The number of aromatic nitrogens is 1. The monoisotopic (exact) mass is 221 g/mol. The van der Waals surface area contributed by atoms with Gasteiger partial charge in [0.05, 0.1) is 5.69 Å². The van der Waals surface area contributed by atoms with Crippen LogP contribution in [-0.2, 0) is 6.54 Å². The van der Waals surface area contributed by atoms with Crippen molar-refractivity contribution in [2.24, 2.45) is 0 Å². The van der Waals surface area contributed by atoms with Crippen molar-refractivity contribution >= 4 is 5.82 Å². The number of hydrogen-bond donors (Lipinski definition) is 1. The Balaban J connectivity index is 2.53. The van der Waals surface area contributed by atoms with Crippen LogP contribution in [0.25, 0.3) is 0 Å². The summed E-state index contributed by atoms with van der Waals surface area (Å²) < 4.78 is 0. The van der Waals surface area contributed by atoms with E-state index in [1.807, 2.05) is 7.05 Å². The summed E-state index contributed by atoms with van der Waals surface area (Å²) in [5, 5.41) is 3.12. The van der Waals surface area contributed by atoms with E-state index in [0.29, 0.717) is 0 Å². The van der Waals surface area contributed by atoms with Crippen LogP contribution in [0.1, 0.15) is 31.9 Å². The summed E-state index contributed by atoms with van der Waals surface area (Å²) in [5.41, 5.74) is 1.10. The molecule has 0 saturated carbocycles. The van der Waals surface area contributed by atoms with Crippen molar-refractivity contribution < 1.29 is 0 Å². The molecule has 0 saturated heterocycles. The second-order valence-corrected chi connectivity index (χ2v) is 4.15. The molecule has 90 valence electrons. The Bertz CT molecular complexity index is 299. The molecule has 1 N–H and O–H groups in total. The van der Waals surface area contributed by atoms with Gasteiger partial charge >= 0.3 is 0 Å². The number of hydrogen-bond acceptors (Lipinski definition) is 3. The van der Waals surface area contributed by atoms with Gasteiger partial charge in [-0.1, -0.05) is 25.8 Å². The number of unbranched alkanes of at least 4 members (excludes halogenated alkanes) is 2. The van der Waals surface area contributed by atoms with Crippen LogP contribution < -0.4 is 10.2 Å². The predicted molar refractivity (Wildman–Crippen MR) is 69.8 cm³/mol. The molecule has 0 aromatic carbocycles. The van der Waals surface area contributed by atoms with E-state index >= 15 is 0 Å². The Morgan fingerprint density at radius 2 is 2.12 bits per heavy atom. The van der Waals surface area contributed by atoms with Crippen molar-refractivity contribution in [2.45, 2.75) is 32.7 Å². The first-order chi connectivity index (χ1) is 7.77. The first-order valence-corrected chi connectivity index (χ1v) is 6.09. The SMILES string of the molecule is CCCCCN(C)c1cccc(CNC)n1. The molecule has 3 nitrogen and oxygen atoms in total. The average Bonchev–Trinajstić information content (AvgIpc) is 2.30. The van der Waals surface area contributed by atoms with E-state index in [1.165, 1.54) is 19.3 Å². The molecule has 1 heterocycles. The van der Waals surface area contributed by atoms with Crippen LogP contribution in [0, 0.1) is 0 Å². The fourth-order valence-electron chi connectivity index (χ4n) is 1.67. The Morgan fingerprint density at radius 3 is 2.81 bits per heavy atom. The van der Waals surface area contributed by atoms with Crippen molar-refractivity contribution in [3.63, 3.8) is 0 Å². The highest BCUT2D eigenvalue weighted by atomic mass is 15.2. The van der Waals surface area contributed by atoms with Crippen LogP contribution in [0.4, 0.5) is 5.82 Å². The third-order valence-electron chi connectivity index (χ3n) is 2.64. The molecule has 0 amide bonds. The van der Waals surface area contributed by atoms with Crippen LogP contribution in [0.15, 0.2) is 18.2 Å². The van der Waals surface area contributed by atoms with E-state index in [-0.39, 0.29) is 0 Å². The molecule has 0 aliphatic carbocycles. The quantitative estimate of drug-likeness (QED) is 0.717. The van der Waals surface area contributed by atoms with Gasteiger partial charge in [-0.25, -0.2) is 4.98 Å². The molecule has 0 fully saturated rings. The molecule has 0 aliphatic heterocycles. The number of nitrogens with one attached hydrogen (secondary N) is 1. The van der Waals surface area contributed by atoms with Crippen LogP contribution in [0.3, 0.4) is 0 Å². The van der Waals surface area contributed by atoms with Gasteiger partial charge in [-0.3, -0.25) is 0 Å². The fraction of sp³-hybridized carbons (Fsp3) is 0.615. The highest BCUT2D eigenvalue weighted by molar-refractivity contribution is 5.38. The third kappa shape index (κ3) is 4.19. The average molecular weight is 221 g/mol. The summed E-state index contributed by atoms with van der Waals surface area (Å²) in [6, 6.07) is 6.20. The van der Waals surface area contributed by atoms with Gasteiger partial charge in [0, 0.05) is 20.1 Å². The van der Waals surface area contributed by atoms with E-state index in [4.69, 9.17) is 0 Å². The molecule has 1 aromatic heterocycles. The minimum absolute atomic E-state index is 0.830. The molecule has 0 radical (unpaired) electrons. The summed E-state index contributed by atoms with van der Waals surface area (Å²) in [7, 11) is 4.06. The summed E-state index contributed by atoms with van der Waals surface area (Å²) in [6.07, 6.45) is 3.80. The summed E-state index contributed by atoms with van der Waals surface area (Å²) in [4.78, 5) is 6.84. The smallest absolute Gasteiger partial charge is 0.128 e. The Morgan fingerprint density at radius 1 is 1.31 bits per heavy atom. The maximum absolute atomic E-state index is 4.60. The molecule has 0 spiro atoms. The zero-order chi connectivity index (χ0) is 11.8. The molecule has 1 rings (SSSR count). The molecule has 0 bridgehead atoms. The molecular weight excluding hydrogens is 198 g/mol. The van der Waals surface area contributed by atoms with Gasteiger partial charge in [-0.05, 0) is 25.6 Å². The zero-order valence-corrected chi connectivity index (χ0v) is 10.7. The molecule has 0 unspecified atom stereocenters. The minimum atomic E-state index is 0.830. The Labute approximate surface area is 98.9 Å². The summed E-state index contributed by atoms with van der Waals surface area (Å²) in [6.45, 7) is 4.15. The number of rotatable bonds is 7. The lowest BCUT2D eigenvalue weighted by Gasteiger charge is -2.18. The lowest BCUT2D eigenvalue weighted by Crippen LogP contribution is -2.20. The maximum Gasteiger partial charge on any atom is 0.128 e. The van der Waals surface area contributed by atoms with Gasteiger partial charge in [0.25, 0.3) is 0 Å². The summed E-state index contributed by atoms with van der Waals surface area (Å²) >= 11 is 0. The van der Waals surface area contributed by atoms with Crippen molar-refractivity contribution in [2.75, 3.05) is 25.5 Å². The third-order valence-corrected chi connectivity index (χ3v) is 2.64. The van der Waals surface area contributed by atoms with Crippen LogP contribution in [0.5, 0.6) is 0 Å². The van der Waals surface area contributed by atoms with Crippen molar-refractivity contribution in [1.82, 2.24) is 10.3 Å². The molecule has 0 aliphatic rings. The lowest BCUT2D eigenvalue weighted by atomic mass is 10.2. The highest BCUT2D eigenvalue weighted by Crippen LogP contribution is 2.10. The van der Waals surface area contributed by atoms with E-state index in [9.17, 15) is 0 Å². The van der Waals surface area contributed by atoms with Gasteiger partial charge < -0.3 is 10.2 Å². The van der Waals surface area contributed by atoms with Gasteiger partial charge in [-0.15, -0.1) is 0 Å². The van der Waals surface area contributed by atoms with Gasteiger partial charge in [0.2, 0.25) is 0 Å². The van der Waals surface area contributed by atoms with Gasteiger partial charge in [-0.2, -0.15) is 0 Å². The number of anilines is 1.